The number of likely N-dealkylation sites (N-methyl/N-ethyl adjacent to an activating group) is 1. The van der Waals surface area contributed by atoms with E-state index in [1.165, 1.54) is 64.7 Å². The molecule has 3 atom stereocenters. The number of rotatable bonds is 6. The van der Waals surface area contributed by atoms with Crippen LogP contribution in [0.3, 0.4) is 0 Å². The molecular weight excluding hydrogens is 258 g/mol. The van der Waals surface area contributed by atoms with Gasteiger partial charge in [-0.2, -0.15) is 0 Å². The van der Waals surface area contributed by atoms with Crippen molar-refractivity contribution in [1.82, 2.24) is 15.1 Å². The number of hydrogen-bond donors (Lipinski definition) is 1. The van der Waals surface area contributed by atoms with Gasteiger partial charge in [0, 0.05) is 18.6 Å². The molecule has 1 saturated heterocycles. The minimum absolute atomic E-state index is 0.720. The largest absolute Gasteiger partial charge is 0.312 e. The van der Waals surface area contributed by atoms with Gasteiger partial charge in [-0.25, -0.2) is 0 Å². The van der Waals surface area contributed by atoms with Gasteiger partial charge in [0.15, 0.2) is 0 Å². The first kappa shape index (κ1) is 17.2. The molecule has 0 aromatic carbocycles. The molecule has 2 aliphatic rings. The van der Waals surface area contributed by atoms with Crippen molar-refractivity contribution in [3.8, 4) is 0 Å². The van der Waals surface area contributed by atoms with Crippen LogP contribution in [0.1, 0.15) is 52.4 Å². The van der Waals surface area contributed by atoms with Gasteiger partial charge < -0.3 is 15.1 Å². The summed E-state index contributed by atoms with van der Waals surface area (Å²) in [6.07, 6.45) is 8.16. The van der Waals surface area contributed by atoms with Crippen molar-refractivity contribution in [2.24, 2.45) is 11.8 Å². The van der Waals surface area contributed by atoms with Gasteiger partial charge in [-0.05, 0) is 84.1 Å². The first-order chi connectivity index (χ1) is 10.1. The molecule has 0 radical (unpaired) electrons. The van der Waals surface area contributed by atoms with Crippen LogP contribution in [-0.2, 0) is 0 Å². The summed E-state index contributed by atoms with van der Waals surface area (Å²) in [6, 6.07) is 1.47. The normalized spacial score (nSPS) is 32.7. The van der Waals surface area contributed by atoms with Crippen molar-refractivity contribution in [2.45, 2.75) is 64.5 Å². The van der Waals surface area contributed by atoms with Crippen LogP contribution in [0.15, 0.2) is 0 Å². The highest BCUT2D eigenvalue weighted by Crippen LogP contribution is 2.28. The topological polar surface area (TPSA) is 18.5 Å². The molecule has 1 aliphatic heterocycles. The van der Waals surface area contributed by atoms with E-state index in [0.717, 1.165) is 23.9 Å². The van der Waals surface area contributed by atoms with Crippen LogP contribution >= 0.6 is 0 Å². The van der Waals surface area contributed by atoms with Gasteiger partial charge in [-0.15, -0.1) is 0 Å². The lowest BCUT2D eigenvalue weighted by Gasteiger charge is -2.43. The Bertz CT molecular complexity index is 284. The Morgan fingerprint density at radius 3 is 2.52 bits per heavy atom. The molecule has 0 aromatic heterocycles. The van der Waals surface area contributed by atoms with Crippen molar-refractivity contribution in [3.05, 3.63) is 0 Å². The Hall–Kier alpha value is -0.120. The highest BCUT2D eigenvalue weighted by molar-refractivity contribution is 4.90. The van der Waals surface area contributed by atoms with Gasteiger partial charge in [-0.1, -0.05) is 13.8 Å². The van der Waals surface area contributed by atoms with E-state index in [-0.39, 0.29) is 0 Å². The Morgan fingerprint density at radius 1 is 1.14 bits per heavy atom. The van der Waals surface area contributed by atoms with E-state index >= 15 is 0 Å². The first-order valence-corrected chi connectivity index (χ1v) is 9.22. The SMILES string of the molecule is CCCNC1CCC(C)CC1N(C)CC1CCN(C)CC1. The van der Waals surface area contributed by atoms with Gasteiger partial charge >= 0.3 is 0 Å². The zero-order valence-electron chi connectivity index (χ0n) is 14.8. The predicted molar refractivity (Wildman–Crippen MR) is 91.7 cm³/mol. The van der Waals surface area contributed by atoms with Crippen LogP contribution in [0.4, 0.5) is 0 Å². The van der Waals surface area contributed by atoms with Crippen molar-refractivity contribution >= 4 is 0 Å². The maximum atomic E-state index is 3.82. The number of hydrogen-bond acceptors (Lipinski definition) is 3. The molecule has 3 heteroatoms. The maximum absolute atomic E-state index is 3.82. The number of nitrogens with one attached hydrogen (secondary N) is 1. The van der Waals surface area contributed by atoms with E-state index < -0.39 is 0 Å². The summed E-state index contributed by atoms with van der Waals surface area (Å²) < 4.78 is 0. The second kappa shape index (κ2) is 8.50. The zero-order valence-corrected chi connectivity index (χ0v) is 14.8. The molecule has 0 amide bonds. The maximum Gasteiger partial charge on any atom is 0.0248 e. The molecule has 2 rings (SSSR count). The third kappa shape index (κ3) is 5.22. The van der Waals surface area contributed by atoms with Crippen molar-refractivity contribution in [1.29, 1.82) is 0 Å². The van der Waals surface area contributed by atoms with Gasteiger partial charge in [0.1, 0.15) is 0 Å². The lowest BCUT2D eigenvalue weighted by molar-refractivity contribution is 0.0927. The molecule has 1 heterocycles. The summed E-state index contributed by atoms with van der Waals surface area (Å²) in [6.45, 7) is 9.77. The lowest BCUT2D eigenvalue weighted by Crippen LogP contribution is -2.53. The monoisotopic (exact) mass is 295 g/mol. The summed E-state index contributed by atoms with van der Waals surface area (Å²) >= 11 is 0. The molecule has 0 aromatic rings. The van der Waals surface area contributed by atoms with Crippen LogP contribution in [0, 0.1) is 11.8 Å². The summed E-state index contributed by atoms with van der Waals surface area (Å²) in [7, 11) is 4.63. The van der Waals surface area contributed by atoms with E-state index in [4.69, 9.17) is 0 Å². The predicted octanol–water partition coefficient (Wildman–Crippen LogP) is 2.82. The van der Waals surface area contributed by atoms with Crippen LogP contribution in [0.2, 0.25) is 0 Å². The molecule has 1 saturated carbocycles. The Labute approximate surface area is 132 Å². The van der Waals surface area contributed by atoms with Crippen molar-refractivity contribution < 1.29 is 0 Å². The van der Waals surface area contributed by atoms with Crippen LogP contribution in [-0.4, -0.2) is 62.2 Å². The van der Waals surface area contributed by atoms with E-state index in [9.17, 15) is 0 Å². The molecule has 0 spiro atoms. The fraction of sp³-hybridized carbons (Fsp3) is 1.00. The van der Waals surface area contributed by atoms with Gasteiger partial charge in [0.05, 0.1) is 0 Å². The summed E-state index contributed by atoms with van der Waals surface area (Å²) in [5.74, 6) is 1.81. The molecule has 0 bridgehead atoms. The van der Waals surface area contributed by atoms with E-state index in [1.807, 2.05) is 0 Å². The van der Waals surface area contributed by atoms with Crippen molar-refractivity contribution in [2.75, 3.05) is 40.3 Å². The third-order valence-corrected chi connectivity index (χ3v) is 5.69. The van der Waals surface area contributed by atoms with E-state index in [2.05, 4.69) is 43.1 Å². The van der Waals surface area contributed by atoms with Crippen LogP contribution < -0.4 is 5.32 Å². The number of likely N-dealkylation sites (tertiary alicyclic amines) is 1. The minimum atomic E-state index is 0.720. The number of nitrogens with zero attached hydrogens (tertiary/aromatic N) is 2. The highest BCUT2D eigenvalue weighted by atomic mass is 15.2. The van der Waals surface area contributed by atoms with E-state index in [0.29, 0.717) is 0 Å². The van der Waals surface area contributed by atoms with Crippen LogP contribution in [0.5, 0.6) is 0 Å². The average molecular weight is 296 g/mol. The summed E-state index contributed by atoms with van der Waals surface area (Å²) in [4.78, 5) is 5.17. The first-order valence-electron chi connectivity index (χ1n) is 9.22. The molecule has 1 aliphatic carbocycles. The van der Waals surface area contributed by atoms with Gasteiger partial charge in [0.25, 0.3) is 0 Å². The Balaban J connectivity index is 1.85. The summed E-state index contributed by atoms with van der Waals surface area (Å²) in [5.41, 5.74) is 0. The van der Waals surface area contributed by atoms with E-state index in [1.54, 1.807) is 0 Å². The second-order valence-electron chi connectivity index (χ2n) is 7.73. The number of piperidine rings is 1. The minimum Gasteiger partial charge on any atom is -0.312 e. The Morgan fingerprint density at radius 2 is 1.86 bits per heavy atom. The summed E-state index contributed by atoms with van der Waals surface area (Å²) in [5, 5.41) is 3.82. The lowest BCUT2D eigenvalue weighted by atomic mass is 9.82. The Kier molecular flexibility index (Phi) is 6.97. The molecular formula is C18H37N3. The standard InChI is InChI=1S/C18H37N3/c1-5-10-19-17-7-6-15(2)13-18(17)21(4)14-16-8-11-20(3)12-9-16/h15-19H,5-14H2,1-4H3. The van der Waals surface area contributed by atoms with Crippen molar-refractivity contribution in [3.63, 3.8) is 0 Å². The molecule has 21 heavy (non-hydrogen) atoms. The molecule has 3 nitrogen and oxygen atoms in total. The molecule has 3 unspecified atom stereocenters. The molecule has 1 N–H and O–H groups in total. The smallest absolute Gasteiger partial charge is 0.0248 e. The zero-order chi connectivity index (χ0) is 15.2. The second-order valence-corrected chi connectivity index (χ2v) is 7.73. The fourth-order valence-electron chi connectivity index (χ4n) is 4.19. The quantitative estimate of drug-likeness (QED) is 0.813. The molecule has 2 fully saturated rings. The highest BCUT2D eigenvalue weighted by Gasteiger charge is 2.32. The average Bonchev–Trinajstić information content (AvgIpc) is 2.48. The fourth-order valence-corrected chi connectivity index (χ4v) is 4.19. The molecule has 124 valence electrons. The van der Waals surface area contributed by atoms with Gasteiger partial charge in [-0.3, -0.25) is 0 Å². The third-order valence-electron chi connectivity index (χ3n) is 5.69. The van der Waals surface area contributed by atoms with Gasteiger partial charge in [0.2, 0.25) is 0 Å². The van der Waals surface area contributed by atoms with Crippen LogP contribution in [0.25, 0.3) is 0 Å².